The minimum Gasteiger partial charge on any atom is -0.508 e. The molecule has 0 aliphatic rings. The second kappa shape index (κ2) is 6.13. The fourth-order valence-corrected chi connectivity index (χ4v) is 1.98. The zero-order valence-electron chi connectivity index (χ0n) is 9.26. The van der Waals surface area contributed by atoms with Crippen LogP contribution in [0, 0.1) is 0 Å². The van der Waals surface area contributed by atoms with Gasteiger partial charge in [0, 0.05) is 16.1 Å². The predicted octanol–water partition coefficient (Wildman–Crippen LogP) is 3.61. The van der Waals surface area contributed by atoms with Crippen molar-refractivity contribution < 1.29 is 5.11 Å². The number of nitrogens with one attached hydrogen (secondary N) is 1. The van der Waals surface area contributed by atoms with Gasteiger partial charge in [-0.1, -0.05) is 29.8 Å². The second-order valence-corrected chi connectivity index (χ2v) is 4.53. The number of hydrogen-bond donors (Lipinski definition) is 2. The van der Waals surface area contributed by atoms with Crippen LogP contribution in [0.2, 0.25) is 0 Å². The average Bonchev–Trinajstić information content (AvgIpc) is 2.24. The molecule has 0 heterocycles. The molecule has 1 unspecified atom stereocenters. The number of rotatable bonds is 5. The summed E-state index contributed by atoms with van der Waals surface area (Å²) < 4.78 is 1.01. The molecule has 0 radical (unpaired) electrons. The second-order valence-electron chi connectivity index (χ2n) is 3.62. The molecule has 1 aromatic rings. The van der Waals surface area contributed by atoms with Gasteiger partial charge in [-0.05, 0) is 37.6 Å². The average molecular weight is 272 g/mol. The SMILES string of the molecule is CCCNC(CC)c1cc(Br)ccc1O. The third-order valence-corrected chi connectivity index (χ3v) is 2.91. The van der Waals surface area contributed by atoms with Crippen molar-refractivity contribution in [2.75, 3.05) is 6.54 Å². The van der Waals surface area contributed by atoms with E-state index in [0.717, 1.165) is 29.4 Å². The molecule has 0 saturated carbocycles. The lowest BCUT2D eigenvalue weighted by Gasteiger charge is -2.18. The van der Waals surface area contributed by atoms with Gasteiger partial charge >= 0.3 is 0 Å². The standard InChI is InChI=1S/C12H18BrNO/c1-3-7-14-11(4-2)10-8-9(13)5-6-12(10)15/h5-6,8,11,14-15H,3-4,7H2,1-2H3. The van der Waals surface area contributed by atoms with Crippen LogP contribution >= 0.6 is 15.9 Å². The van der Waals surface area contributed by atoms with E-state index in [4.69, 9.17) is 0 Å². The summed E-state index contributed by atoms with van der Waals surface area (Å²) in [6.07, 6.45) is 2.08. The van der Waals surface area contributed by atoms with Gasteiger partial charge in [0.05, 0.1) is 0 Å². The van der Waals surface area contributed by atoms with Gasteiger partial charge in [0.25, 0.3) is 0 Å². The molecule has 0 saturated heterocycles. The van der Waals surface area contributed by atoms with Crippen molar-refractivity contribution in [1.29, 1.82) is 0 Å². The lowest BCUT2D eigenvalue weighted by molar-refractivity contribution is 0.441. The van der Waals surface area contributed by atoms with E-state index in [1.54, 1.807) is 6.07 Å². The van der Waals surface area contributed by atoms with Crippen molar-refractivity contribution in [2.24, 2.45) is 0 Å². The molecule has 0 bridgehead atoms. The minimum atomic E-state index is 0.238. The number of phenolic OH excluding ortho intramolecular Hbond substituents is 1. The molecule has 1 aromatic carbocycles. The zero-order chi connectivity index (χ0) is 11.3. The van der Waals surface area contributed by atoms with Crippen molar-refractivity contribution in [3.63, 3.8) is 0 Å². The molecule has 0 amide bonds. The van der Waals surface area contributed by atoms with E-state index in [1.807, 2.05) is 12.1 Å². The normalized spacial score (nSPS) is 12.7. The Balaban J connectivity index is 2.85. The van der Waals surface area contributed by atoms with Crippen molar-refractivity contribution in [3.8, 4) is 5.75 Å². The maximum absolute atomic E-state index is 9.77. The Hall–Kier alpha value is -0.540. The predicted molar refractivity (Wildman–Crippen MR) is 67.1 cm³/mol. The first-order valence-corrected chi connectivity index (χ1v) is 6.20. The van der Waals surface area contributed by atoms with E-state index in [0.29, 0.717) is 5.75 Å². The molecule has 0 aromatic heterocycles. The van der Waals surface area contributed by atoms with E-state index in [1.165, 1.54) is 0 Å². The van der Waals surface area contributed by atoms with Crippen LogP contribution in [0.15, 0.2) is 22.7 Å². The van der Waals surface area contributed by atoms with Crippen LogP contribution in [-0.4, -0.2) is 11.7 Å². The number of halogens is 1. The lowest BCUT2D eigenvalue weighted by Crippen LogP contribution is -2.21. The summed E-state index contributed by atoms with van der Waals surface area (Å²) in [5.41, 5.74) is 0.973. The van der Waals surface area contributed by atoms with Gasteiger partial charge in [0.2, 0.25) is 0 Å². The first-order chi connectivity index (χ1) is 7.19. The molecule has 1 atom stereocenters. The molecular formula is C12H18BrNO. The smallest absolute Gasteiger partial charge is 0.120 e. The van der Waals surface area contributed by atoms with E-state index in [2.05, 4.69) is 35.1 Å². The summed E-state index contributed by atoms with van der Waals surface area (Å²) in [5, 5.41) is 13.2. The van der Waals surface area contributed by atoms with Gasteiger partial charge in [0.15, 0.2) is 0 Å². The van der Waals surface area contributed by atoms with Crippen LogP contribution in [-0.2, 0) is 0 Å². The first-order valence-electron chi connectivity index (χ1n) is 5.40. The highest BCUT2D eigenvalue weighted by Gasteiger charge is 2.12. The first kappa shape index (κ1) is 12.5. The van der Waals surface area contributed by atoms with E-state index in [-0.39, 0.29) is 6.04 Å². The maximum Gasteiger partial charge on any atom is 0.120 e. The molecule has 3 heteroatoms. The van der Waals surface area contributed by atoms with E-state index >= 15 is 0 Å². The molecule has 0 aliphatic carbocycles. The molecule has 15 heavy (non-hydrogen) atoms. The molecule has 0 aliphatic heterocycles. The summed E-state index contributed by atoms with van der Waals surface area (Å²) in [6, 6.07) is 5.80. The third-order valence-electron chi connectivity index (χ3n) is 2.41. The number of benzene rings is 1. The molecule has 2 nitrogen and oxygen atoms in total. The fraction of sp³-hybridized carbons (Fsp3) is 0.500. The lowest BCUT2D eigenvalue weighted by atomic mass is 10.0. The van der Waals surface area contributed by atoms with E-state index < -0.39 is 0 Å². The largest absolute Gasteiger partial charge is 0.508 e. The van der Waals surface area contributed by atoms with Crippen molar-refractivity contribution in [2.45, 2.75) is 32.7 Å². The zero-order valence-corrected chi connectivity index (χ0v) is 10.8. The van der Waals surface area contributed by atoms with Crippen LogP contribution in [0.3, 0.4) is 0 Å². The highest BCUT2D eigenvalue weighted by molar-refractivity contribution is 9.10. The molecule has 84 valence electrons. The van der Waals surface area contributed by atoms with Crippen LogP contribution in [0.1, 0.15) is 38.3 Å². The molecule has 2 N–H and O–H groups in total. The Morgan fingerprint density at radius 3 is 2.73 bits per heavy atom. The van der Waals surface area contributed by atoms with Crippen molar-refractivity contribution in [1.82, 2.24) is 5.32 Å². The summed E-state index contributed by atoms with van der Waals surface area (Å²) in [5.74, 6) is 0.369. The van der Waals surface area contributed by atoms with Gasteiger partial charge in [0.1, 0.15) is 5.75 Å². The Morgan fingerprint density at radius 1 is 1.40 bits per heavy atom. The maximum atomic E-state index is 9.77. The molecule has 0 spiro atoms. The topological polar surface area (TPSA) is 32.3 Å². The van der Waals surface area contributed by atoms with Gasteiger partial charge in [-0.3, -0.25) is 0 Å². The highest BCUT2D eigenvalue weighted by Crippen LogP contribution is 2.29. The van der Waals surface area contributed by atoms with Crippen molar-refractivity contribution in [3.05, 3.63) is 28.2 Å². The third kappa shape index (κ3) is 3.50. The van der Waals surface area contributed by atoms with Gasteiger partial charge in [-0.25, -0.2) is 0 Å². The van der Waals surface area contributed by atoms with Crippen molar-refractivity contribution >= 4 is 15.9 Å². The molecule has 0 fully saturated rings. The van der Waals surface area contributed by atoms with Crippen LogP contribution in [0.4, 0.5) is 0 Å². The van der Waals surface area contributed by atoms with Crippen LogP contribution < -0.4 is 5.32 Å². The Kier molecular flexibility index (Phi) is 5.12. The highest BCUT2D eigenvalue weighted by atomic mass is 79.9. The minimum absolute atomic E-state index is 0.238. The fourth-order valence-electron chi connectivity index (χ4n) is 1.60. The van der Waals surface area contributed by atoms with E-state index in [9.17, 15) is 5.11 Å². The van der Waals surface area contributed by atoms with Gasteiger partial charge in [-0.15, -0.1) is 0 Å². The Bertz CT molecular complexity index is 314. The van der Waals surface area contributed by atoms with Crippen LogP contribution in [0.25, 0.3) is 0 Å². The molecular weight excluding hydrogens is 254 g/mol. The van der Waals surface area contributed by atoms with Gasteiger partial charge < -0.3 is 10.4 Å². The molecule has 1 rings (SSSR count). The summed E-state index contributed by atoms with van der Waals surface area (Å²) in [7, 11) is 0. The quantitative estimate of drug-likeness (QED) is 0.858. The van der Waals surface area contributed by atoms with Gasteiger partial charge in [-0.2, -0.15) is 0 Å². The summed E-state index contributed by atoms with van der Waals surface area (Å²) in [6.45, 7) is 5.23. The van der Waals surface area contributed by atoms with Crippen LogP contribution in [0.5, 0.6) is 5.75 Å². The Labute approximate surface area is 99.8 Å². The monoisotopic (exact) mass is 271 g/mol. The summed E-state index contributed by atoms with van der Waals surface area (Å²) >= 11 is 3.42. The number of aromatic hydroxyl groups is 1. The summed E-state index contributed by atoms with van der Waals surface area (Å²) in [4.78, 5) is 0. The number of phenols is 1. The number of hydrogen-bond acceptors (Lipinski definition) is 2. The Morgan fingerprint density at radius 2 is 2.13 bits per heavy atom.